The van der Waals surface area contributed by atoms with E-state index >= 15 is 0 Å². The predicted octanol–water partition coefficient (Wildman–Crippen LogP) is 4.43. The maximum atomic E-state index is 13.4. The zero-order valence-electron chi connectivity index (χ0n) is 18.5. The fourth-order valence-corrected chi connectivity index (χ4v) is 4.90. The number of piperidine rings is 1. The number of halogens is 2. The molecule has 0 spiro atoms. The third-order valence-corrected chi connectivity index (χ3v) is 6.97. The van der Waals surface area contributed by atoms with Crippen LogP contribution < -0.4 is 15.5 Å². The highest BCUT2D eigenvalue weighted by Gasteiger charge is 2.51. The number of fused-ring (bicyclic) bond motifs is 1. The first kappa shape index (κ1) is 23.8. The van der Waals surface area contributed by atoms with Crippen molar-refractivity contribution in [2.45, 2.75) is 31.9 Å². The molecule has 33 heavy (non-hydrogen) atoms. The summed E-state index contributed by atoms with van der Waals surface area (Å²) >= 11 is 12.2. The molecule has 0 radical (unpaired) electrons. The number of carbonyl (C=O) groups is 2. The smallest absolute Gasteiger partial charge is 0.329 e. The standard InChI is InChI=1S/C24H28Cl2N4O3/c1-16-6-4-12-29(15-16)13-5-11-27-22(31)24(33)18-7-2-3-8-21(18)28-23(32)30(24)17-9-10-19(25)20(26)14-17/h2-3,7-10,14,16,33H,4-6,11-13,15H2,1H3,(H,27,31)(H,28,32)/t16-,24-/m0/s1. The van der Waals surface area contributed by atoms with E-state index in [9.17, 15) is 14.7 Å². The van der Waals surface area contributed by atoms with Gasteiger partial charge in [-0.25, -0.2) is 4.79 Å². The van der Waals surface area contributed by atoms with Crippen molar-refractivity contribution in [3.05, 3.63) is 58.1 Å². The number of amides is 3. The fraction of sp³-hybridized carbons (Fsp3) is 0.417. The Hall–Kier alpha value is -2.32. The van der Waals surface area contributed by atoms with Crippen LogP contribution in [0.15, 0.2) is 42.5 Å². The first-order valence-electron chi connectivity index (χ1n) is 11.2. The van der Waals surface area contributed by atoms with Gasteiger partial charge in [-0.05, 0) is 62.5 Å². The van der Waals surface area contributed by atoms with Gasteiger partial charge < -0.3 is 20.6 Å². The molecule has 9 heteroatoms. The molecule has 2 aromatic rings. The van der Waals surface area contributed by atoms with Gasteiger partial charge in [0.25, 0.3) is 11.6 Å². The molecule has 3 amide bonds. The topological polar surface area (TPSA) is 84.9 Å². The molecule has 4 rings (SSSR count). The molecule has 0 bridgehead atoms. The number of aliphatic hydroxyl groups is 1. The average molecular weight is 491 g/mol. The molecule has 0 unspecified atom stereocenters. The van der Waals surface area contributed by atoms with Crippen LogP contribution in [0.1, 0.15) is 31.7 Å². The van der Waals surface area contributed by atoms with Crippen LogP contribution in [0.25, 0.3) is 0 Å². The number of nitrogens with zero attached hydrogens (tertiary/aromatic N) is 2. The van der Waals surface area contributed by atoms with Gasteiger partial charge in [0.05, 0.1) is 21.4 Å². The Morgan fingerprint density at radius 3 is 2.79 bits per heavy atom. The molecule has 3 N–H and O–H groups in total. The van der Waals surface area contributed by atoms with Crippen LogP contribution in [-0.2, 0) is 10.5 Å². The lowest BCUT2D eigenvalue weighted by Gasteiger charge is -2.42. The van der Waals surface area contributed by atoms with Crippen molar-refractivity contribution >= 4 is 46.5 Å². The van der Waals surface area contributed by atoms with E-state index in [0.29, 0.717) is 23.2 Å². The second-order valence-electron chi connectivity index (χ2n) is 8.74. The second-order valence-corrected chi connectivity index (χ2v) is 9.55. The van der Waals surface area contributed by atoms with Crippen molar-refractivity contribution in [3.63, 3.8) is 0 Å². The molecule has 7 nitrogen and oxygen atoms in total. The lowest BCUT2D eigenvalue weighted by Crippen LogP contribution is -2.62. The Balaban J connectivity index is 1.56. The van der Waals surface area contributed by atoms with Gasteiger partial charge in [-0.15, -0.1) is 0 Å². The summed E-state index contributed by atoms with van der Waals surface area (Å²) in [6, 6.07) is 10.6. The lowest BCUT2D eigenvalue weighted by atomic mass is 9.94. The number of hydrogen-bond donors (Lipinski definition) is 3. The third-order valence-electron chi connectivity index (χ3n) is 6.23. The number of anilines is 2. The normalized spacial score (nSPS) is 23.1. The van der Waals surface area contributed by atoms with Gasteiger partial charge >= 0.3 is 6.03 Å². The summed E-state index contributed by atoms with van der Waals surface area (Å²) in [7, 11) is 0. The Bertz CT molecular complexity index is 1050. The Labute approximate surface area is 203 Å². The number of hydrogen-bond acceptors (Lipinski definition) is 4. The van der Waals surface area contributed by atoms with E-state index in [4.69, 9.17) is 23.2 Å². The van der Waals surface area contributed by atoms with Gasteiger partial charge in [-0.2, -0.15) is 0 Å². The van der Waals surface area contributed by atoms with E-state index in [1.165, 1.54) is 31.0 Å². The van der Waals surface area contributed by atoms with Crippen LogP contribution in [0.3, 0.4) is 0 Å². The minimum Gasteiger partial charge on any atom is -0.359 e. The van der Waals surface area contributed by atoms with Crippen molar-refractivity contribution in [1.29, 1.82) is 0 Å². The molecular formula is C24H28Cl2N4O3. The first-order valence-corrected chi connectivity index (χ1v) is 11.9. The van der Waals surface area contributed by atoms with Gasteiger partial charge in [0.1, 0.15) is 0 Å². The number of urea groups is 1. The maximum absolute atomic E-state index is 13.4. The van der Waals surface area contributed by atoms with Crippen LogP contribution in [0.2, 0.25) is 10.0 Å². The van der Waals surface area contributed by atoms with Crippen LogP contribution in [0.5, 0.6) is 0 Å². The highest BCUT2D eigenvalue weighted by Crippen LogP contribution is 2.41. The number of rotatable bonds is 6. The SMILES string of the molecule is C[C@H]1CCCN(CCCNC(=O)[C@@]2(O)c3ccccc3NC(=O)N2c2ccc(Cl)c(Cl)c2)C1. The van der Waals surface area contributed by atoms with Gasteiger partial charge in [0.15, 0.2) is 0 Å². The van der Waals surface area contributed by atoms with Crippen molar-refractivity contribution in [2.75, 3.05) is 36.4 Å². The third kappa shape index (κ3) is 4.82. The summed E-state index contributed by atoms with van der Waals surface area (Å²) in [5.74, 6) is 0.00829. The minimum absolute atomic E-state index is 0.208. The van der Waals surface area contributed by atoms with Gasteiger partial charge in [-0.1, -0.05) is 48.3 Å². The summed E-state index contributed by atoms with van der Waals surface area (Å²) in [5.41, 5.74) is -1.36. The number of nitrogens with one attached hydrogen (secondary N) is 2. The average Bonchev–Trinajstić information content (AvgIpc) is 2.79. The second kappa shape index (κ2) is 9.89. The van der Waals surface area contributed by atoms with Crippen LogP contribution in [0.4, 0.5) is 16.2 Å². The molecule has 176 valence electrons. The van der Waals surface area contributed by atoms with E-state index in [1.807, 2.05) is 0 Å². The summed E-state index contributed by atoms with van der Waals surface area (Å²) in [6.45, 7) is 5.64. The highest BCUT2D eigenvalue weighted by atomic mass is 35.5. The van der Waals surface area contributed by atoms with Gasteiger partial charge in [-0.3, -0.25) is 9.69 Å². The van der Waals surface area contributed by atoms with Crippen LogP contribution in [-0.4, -0.2) is 48.1 Å². The summed E-state index contributed by atoms with van der Waals surface area (Å²) in [5, 5.41) is 17.9. The first-order chi connectivity index (χ1) is 15.8. The minimum atomic E-state index is -2.25. The number of benzene rings is 2. The van der Waals surface area contributed by atoms with Gasteiger partial charge in [0, 0.05) is 18.7 Å². The van der Waals surface area contributed by atoms with Crippen molar-refractivity contribution in [2.24, 2.45) is 5.92 Å². The zero-order chi connectivity index (χ0) is 23.6. The lowest BCUT2D eigenvalue weighted by molar-refractivity contribution is -0.140. The molecule has 2 heterocycles. The predicted molar refractivity (Wildman–Crippen MR) is 131 cm³/mol. The molecule has 1 saturated heterocycles. The van der Waals surface area contributed by atoms with E-state index in [0.717, 1.165) is 31.0 Å². The maximum Gasteiger partial charge on any atom is 0.329 e. The van der Waals surface area contributed by atoms with Crippen molar-refractivity contribution in [1.82, 2.24) is 10.2 Å². The monoisotopic (exact) mass is 490 g/mol. The molecule has 2 atom stereocenters. The summed E-state index contributed by atoms with van der Waals surface area (Å²) in [4.78, 5) is 29.9. The highest BCUT2D eigenvalue weighted by molar-refractivity contribution is 6.42. The molecule has 1 fully saturated rings. The van der Waals surface area contributed by atoms with Crippen molar-refractivity contribution in [3.8, 4) is 0 Å². The molecule has 0 saturated carbocycles. The van der Waals surface area contributed by atoms with Gasteiger partial charge in [0.2, 0.25) is 0 Å². The molecule has 2 aliphatic rings. The molecule has 2 aromatic carbocycles. The number of para-hydroxylation sites is 1. The Morgan fingerprint density at radius 1 is 1.24 bits per heavy atom. The van der Waals surface area contributed by atoms with Crippen LogP contribution >= 0.6 is 23.2 Å². The fourth-order valence-electron chi connectivity index (χ4n) is 4.60. The van der Waals surface area contributed by atoms with E-state index in [2.05, 4.69) is 22.5 Å². The van der Waals surface area contributed by atoms with E-state index in [1.54, 1.807) is 24.3 Å². The Kier molecular flexibility index (Phi) is 7.14. The number of likely N-dealkylation sites (tertiary alicyclic amines) is 1. The summed E-state index contributed by atoms with van der Waals surface area (Å²) in [6.07, 6.45) is 3.19. The molecule has 0 aliphatic carbocycles. The van der Waals surface area contributed by atoms with Crippen molar-refractivity contribution < 1.29 is 14.7 Å². The zero-order valence-corrected chi connectivity index (χ0v) is 20.0. The molecule has 0 aromatic heterocycles. The van der Waals surface area contributed by atoms with E-state index in [-0.39, 0.29) is 16.3 Å². The molecular weight excluding hydrogens is 463 g/mol. The van der Waals surface area contributed by atoms with E-state index < -0.39 is 17.7 Å². The molecule has 2 aliphatic heterocycles. The largest absolute Gasteiger partial charge is 0.359 e. The van der Waals surface area contributed by atoms with Crippen LogP contribution in [0, 0.1) is 5.92 Å². The number of carbonyl (C=O) groups excluding carboxylic acids is 2. The Morgan fingerprint density at radius 2 is 2.03 bits per heavy atom. The summed E-state index contributed by atoms with van der Waals surface area (Å²) < 4.78 is 0. The quantitative estimate of drug-likeness (QED) is 0.522.